The lowest BCUT2D eigenvalue weighted by Gasteiger charge is -2.40. The molecule has 21 heavy (non-hydrogen) atoms. The van der Waals surface area contributed by atoms with E-state index in [1.165, 1.54) is 0 Å². The summed E-state index contributed by atoms with van der Waals surface area (Å²) >= 11 is 0. The van der Waals surface area contributed by atoms with Crippen LogP contribution in [0.3, 0.4) is 0 Å². The summed E-state index contributed by atoms with van der Waals surface area (Å²) in [5.74, 6) is -0.834. The second kappa shape index (κ2) is 5.83. The average molecular weight is 296 g/mol. The number of amides is 2. The van der Waals surface area contributed by atoms with Crippen molar-refractivity contribution >= 4 is 12.0 Å². The SMILES string of the molecule is O=C(O)CC1(NC(=O)N2CC3CCC(C2)O3)CCCCC1. The van der Waals surface area contributed by atoms with Gasteiger partial charge in [-0.3, -0.25) is 4.79 Å². The van der Waals surface area contributed by atoms with E-state index in [4.69, 9.17) is 9.84 Å². The number of nitrogens with zero attached hydrogens (tertiary/aromatic N) is 1. The Labute approximate surface area is 124 Å². The van der Waals surface area contributed by atoms with E-state index >= 15 is 0 Å². The summed E-state index contributed by atoms with van der Waals surface area (Å²) < 4.78 is 5.74. The maximum Gasteiger partial charge on any atom is 0.318 e. The van der Waals surface area contributed by atoms with Gasteiger partial charge in [-0.1, -0.05) is 19.3 Å². The highest BCUT2D eigenvalue weighted by atomic mass is 16.5. The second-order valence-electron chi connectivity index (χ2n) is 6.70. The Kier molecular flexibility index (Phi) is 4.06. The lowest BCUT2D eigenvalue weighted by Crippen LogP contribution is -2.58. The van der Waals surface area contributed by atoms with E-state index in [0.717, 1.165) is 44.9 Å². The summed E-state index contributed by atoms with van der Waals surface area (Å²) in [4.78, 5) is 25.5. The Hall–Kier alpha value is -1.30. The molecule has 3 fully saturated rings. The van der Waals surface area contributed by atoms with Gasteiger partial charge in [-0.05, 0) is 25.7 Å². The minimum atomic E-state index is -0.834. The number of urea groups is 1. The highest BCUT2D eigenvalue weighted by molar-refractivity contribution is 5.77. The number of fused-ring (bicyclic) bond motifs is 2. The van der Waals surface area contributed by atoms with Crippen LogP contribution in [0, 0.1) is 0 Å². The van der Waals surface area contributed by atoms with Gasteiger partial charge in [0.15, 0.2) is 0 Å². The zero-order chi connectivity index (χ0) is 14.9. The third kappa shape index (κ3) is 3.31. The van der Waals surface area contributed by atoms with Crippen molar-refractivity contribution < 1.29 is 19.4 Å². The molecule has 2 atom stereocenters. The van der Waals surface area contributed by atoms with Crippen LogP contribution < -0.4 is 5.32 Å². The molecule has 2 N–H and O–H groups in total. The van der Waals surface area contributed by atoms with Crippen LogP contribution in [0.5, 0.6) is 0 Å². The van der Waals surface area contributed by atoms with E-state index in [1.807, 2.05) is 4.90 Å². The van der Waals surface area contributed by atoms with E-state index in [9.17, 15) is 9.59 Å². The molecule has 6 nitrogen and oxygen atoms in total. The van der Waals surface area contributed by atoms with Crippen LogP contribution in [0.15, 0.2) is 0 Å². The van der Waals surface area contributed by atoms with Gasteiger partial charge in [0.1, 0.15) is 0 Å². The number of morpholine rings is 1. The lowest BCUT2D eigenvalue weighted by atomic mass is 9.79. The Bertz CT molecular complexity index is 408. The standard InChI is InChI=1S/C15H24N2O4/c18-13(19)8-15(6-2-1-3-7-15)16-14(20)17-9-11-4-5-12(10-17)21-11/h11-12H,1-10H2,(H,16,20)(H,18,19). The highest BCUT2D eigenvalue weighted by Gasteiger charge is 2.40. The number of aliphatic carboxylic acids is 1. The molecule has 2 amide bonds. The van der Waals surface area contributed by atoms with Crippen molar-refractivity contribution in [3.05, 3.63) is 0 Å². The molecule has 1 saturated carbocycles. The van der Waals surface area contributed by atoms with Crippen molar-refractivity contribution in [2.24, 2.45) is 0 Å². The summed E-state index contributed by atoms with van der Waals surface area (Å²) in [5, 5.41) is 12.2. The van der Waals surface area contributed by atoms with Crippen molar-refractivity contribution in [3.63, 3.8) is 0 Å². The van der Waals surface area contributed by atoms with E-state index in [-0.39, 0.29) is 24.7 Å². The van der Waals surface area contributed by atoms with Crippen LogP contribution in [0.2, 0.25) is 0 Å². The summed E-state index contributed by atoms with van der Waals surface area (Å²) in [6, 6.07) is -0.113. The molecule has 2 aliphatic heterocycles. The molecular formula is C15H24N2O4. The molecule has 0 radical (unpaired) electrons. The van der Waals surface area contributed by atoms with Crippen LogP contribution in [0.25, 0.3) is 0 Å². The number of hydrogen-bond donors (Lipinski definition) is 2. The summed E-state index contributed by atoms with van der Waals surface area (Å²) in [6.45, 7) is 1.26. The first-order valence-electron chi connectivity index (χ1n) is 8.01. The summed E-state index contributed by atoms with van der Waals surface area (Å²) in [7, 11) is 0. The van der Waals surface area contributed by atoms with E-state index in [2.05, 4.69) is 5.32 Å². The van der Waals surface area contributed by atoms with E-state index in [1.54, 1.807) is 0 Å². The van der Waals surface area contributed by atoms with Crippen LogP contribution in [-0.4, -0.2) is 52.8 Å². The largest absolute Gasteiger partial charge is 0.481 e. The third-order valence-electron chi connectivity index (χ3n) is 5.00. The molecule has 0 spiro atoms. The molecule has 2 unspecified atom stereocenters. The van der Waals surface area contributed by atoms with Crippen molar-refractivity contribution in [3.8, 4) is 0 Å². The topological polar surface area (TPSA) is 78.9 Å². The molecule has 3 aliphatic rings. The van der Waals surface area contributed by atoms with Crippen LogP contribution in [0.1, 0.15) is 51.4 Å². The summed E-state index contributed by atoms with van der Waals surface area (Å²) in [5.41, 5.74) is -0.557. The van der Waals surface area contributed by atoms with Crippen LogP contribution in [0.4, 0.5) is 4.79 Å². The number of nitrogens with one attached hydrogen (secondary N) is 1. The van der Waals surface area contributed by atoms with Gasteiger partial charge in [-0.25, -0.2) is 4.79 Å². The zero-order valence-corrected chi connectivity index (χ0v) is 12.3. The summed E-state index contributed by atoms with van der Waals surface area (Å²) in [6.07, 6.45) is 7.03. The number of carbonyl (C=O) groups is 2. The Morgan fingerprint density at radius 3 is 2.33 bits per heavy atom. The Morgan fingerprint density at radius 1 is 1.14 bits per heavy atom. The van der Waals surface area contributed by atoms with Gasteiger partial charge in [0.2, 0.25) is 0 Å². The minimum Gasteiger partial charge on any atom is -0.481 e. The first-order chi connectivity index (χ1) is 10.1. The molecule has 0 aromatic carbocycles. The zero-order valence-electron chi connectivity index (χ0n) is 12.3. The minimum absolute atomic E-state index is 0.0237. The number of carboxylic acid groups (broad SMARTS) is 1. The first-order valence-corrected chi connectivity index (χ1v) is 8.01. The van der Waals surface area contributed by atoms with Gasteiger partial charge >= 0.3 is 12.0 Å². The van der Waals surface area contributed by atoms with Gasteiger partial charge < -0.3 is 20.1 Å². The van der Waals surface area contributed by atoms with Crippen molar-refractivity contribution in [2.75, 3.05) is 13.1 Å². The normalized spacial score (nSPS) is 31.0. The van der Waals surface area contributed by atoms with Gasteiger partial charge in [0.25, 0.3) is 0 Å². The number of hydrogen-bond acceptors (Lipinski definition) is 3. The van der Waals surface area contributed by atoms with Crippen molar-refractivity contribution in [1.82, 2.24) is 10.2 Å². The van der Waals surface area contributed by atoms with Gasteiger partial charge in [-0.15, -0.1) is 0 Å². The molecule has 0 aromatic rings. The third-order valence-corrected chi connectivity index (χ3v) is 5.00. The Balaban J connectivity index is 1.64. The highest BCUT2D eigenvalue weighted by Crippen LogP contribution is 2.32. The number of carbonyl (C=O) groups excluding carboxylic acids is 1. The maximum absolute atomic E-state index is 12.5. The van der Waals surface area contributed by atoms with Crippen LogP contribution in [-0.2, 0) is 9.53 Å². The Morgan fingerprint density at radius 2 is 1.76 bits per heavy atom. The predicted molar refractivity (Wildman–Crippen MR) is 76.1 cm³/mol. The molecule has 2 saturated heterocycles. The number of carboxylic acids is 1. The predicted octanol–water partition coefficient (Wildman–Crippen LogP) is 1.74. The van der Waals surface area contributed by atoms with Crippen molar-refractivity contribution in [1.29, 1.82) is 0 Å². The molecule has 6 heteroatoms. The second-order valence-corrected chi connectivity index (χ2v) is 6.70. The number of likely N-dealkylation sites (tertiary alicyclic amines) is 1. The molecule has 2 bridgehead atoms. The van der Waals surface area contributed by atoms with Gasteiger partial charge in [0.05, 0.1) is 24.2 Å². The quantitative estimate of drug-likeness (QED) is 0.831. The molecule has 118 valence electrons. The number of ether oxygens (including phenoxy) is 1. The maximum atomic E-state index is 12.5. The fourth-order valence-electron chi connectivity index (χ4n) is 3.95. The molecule has 2 heterocycles. The fourth-order valence-corrected chi connectivity index (χ4v) is 3.95. The lowest BCUT2D eigenvalue weighted by molar-refractivity contribution is -0.139. The monoisotopic (exact) mass is 296 g/mol. The van der Waals surface area contributed by atoms with Gasteiger partial charge in [-0.2, -0.15) is 0 Å². The molecule has 3 rings (SSSR count). The first kappa shape index (κ1) is 14.6. The van der Waals surface area contributed by atoms with Crippen LogP contribution >= 0.6 is 0 Å². The van der Waals surface area contributed by atoms with E-state index < -0.39 is 11.5 Å². The molecule has 0 aromatic heterocycles. The molecular weight excluding hydrogens is 272 g/mol. The fraction of sp³-hybridized carbons (Fsp3) is 0.867. The average Bonchev–Trinajstić information content (AvgIpc) is 2.77. The smallest absolute Gasteiger partial charge is 0.318 e. The van der Waals surface area contributed by atoms with E-state index in [0.29, 0.717) is 13.1 Å². The van der Waals surface area contributed by atoms with Gasteiger partial charge in [0, 0.05) is 13.1 Å². The molecule has 1 aliphatic carbocycles. The van der Waals surface area contributed by atoms with Crippen molar-refractivity contribution in [2.45, 2.75) is 69.1 Å². The number of rotatable bonds is 3.